The number of hydrogen-bond donors (Lipinski definition) is 2. The number of hydrogen-bond acceptors (Lipinski definition) is 11. The Bertz CT molecular complexity index is 2640. The highest BCUT2D eigenvalue weighted by atomic mass is 16.5. The van der Waals surface area contributed by atoms with Gasteiger partial charge >= 0.3 is 12.2 Å². The number of nitrogens with one attached hydrogen (secondary N) is 2. The van der Waals surface area contributed by atoms with Crippen LogP contribution in [0.3, 0.4) is 0 Å². The minimum Gasteiger partial charge on any atom is -0.465 e. The van der Waals surface area contributed by atoms with Gasteiger partial charge in [0.2, 0.25) is 18.0 Å². The number of fused-ring (bicyclic) bond motifs is 5. The molecule has 1 aromatic heterocycles. The van der Waals surface area contributed by atoms with Gasteiger partial charge in [-0.15, -0.1) is 0 Å². The first-order chi connectivity index (χ1) is 31.4. The van der Waals surface area contributed by atoms with Crippen LogP contribution in [0.15, 0.2) is 92.8 Å². The standard InChI is InChI=1S/C49H55N9O7/c1-27(2)41(54-48(61)63-5)45(59)56-20-10-14-37(56)43-50-25-34(52-43)30-17-19-36-32(22-30)23-39-33-18-16-31(24-40(33)65-47(58(36)39)29-12-8-7-9-13-29)35-26-51-44(53-35)38-15-11-21-57(38)46(60)42(28(3)4)55-49(62)64-6/h7-9,12-13,16-19,22-28,35,37-38,41-43,47H,10-11,14-15,20-21H2,1-6H3,(H,54,61)(H,55,62). The molecule has 0 radical (unpaired) electrons. The number of amides is 4. The van der Waals surface area contributed by atoms with Gasteiger partial charge in [0.05, 0.1) is 43.2 Å². The minimum absolute atomic E-state index is 0.129. The molecule has 2 saturated heterocycles. The van der Waals surface area contributed by atoms with Gasteiger partial charge in [0.1, 0.15) is 29.7 Å². The number of methoxy groups -OCH3 is 2. The molecule has 7 atom stereocenters. The van der Waals surface area contributed by atoms with Gasteiger partial charge in [0.15, 0.2) is 6.17 Å². The molecule has 16 nitrogen and oxygen atoms in total. The molecule has 2 fully saturated rings. The van der Waals surface area contributed by atoms with Crippen LogP contribution in [0.2, 0.25) is 0 Å². The molecule has 5 aliphatic rings. The summed E-state index contributed by atoms with van der Waals surface area (Å²) >= 11 is 0. The lowest BCUT2D eigenvalue weighted by Gasteiger charge is -2.31. The molecule has 16 heteroatoms. The zero-order valence-electron chi connectivity index (χ0n) is 37.5. The Morgan fingerprint density at radius 3 is 2.17 bits per heavy atom. The van der Waals surface area contributed by atoms with Crippen LogP contribution in [-0.4, -0.2) is 120 Å². The van der Waals surface area contributed by atoms with E-state index in [-0.39, 0.29) is 41.8 Å². The van der Waals surface area contributed by atoms with Crippen molar-refractivity contribution < 1.29 is 33.4 Å². The van der Waals surface area contributed by atoms with Crippen LogP contribution in [0.1, 0.15) is 82.3 Å². The van der Waals surface area contributed by atoms with Crippen molar-refractivity contribution in [1.29, 1.82) is 0 Å². The van der Waals surface area contributed by atoms with Gasteiger partial charge < -0.3 is 39.2 Å². The van der Waals surface area contributed by atoms with Crippen LogP contribution >= 0.6 is 0 Å². The number of amidine groups is 1. The number of aromatic nitrogens is 1. The second-order valence-electron chi connectivity index (χ2n) is 17.9. The van der Waals surface area contributed by atoms with E-state index in [1.54, 1.807) is 11.1 Å². The van der Waals surface area contributed by atoms with Gasteiger partial charge in [0.25, 0.3) is 0 Å². The zero-order valence-corrected chi connectivity index (χ0v) is 37.5. The molecule has 4 amide bonds. The number of nitrogens with zero attached hydrogens (tertiary/aromatic N) is 7. The van der Waals surface area contributed by atoms with Crippen molar-refractivity contribution in [3.63, 3.8) is 0 Å². The summed E-state index contributed by atoms with van der Waals surface area (Å²) in [4.78, 5) is 75.0. The number of carbonyl (C=O) groups is 4. The molecular formula is C49H55N9O7. The van der Waals surface area contributed by atoms with Crippen LogP contribution in [0.5, 0.6) is 5.75 Å². The van der Waals surface area contributed by atoms with Crippen LogP contribution in [0.4, 0.5) is 9.59 Å². The van der Waals surface area contributed by atoms with Gasteiger partial charge in [-0.2, -0.15) is 0 Å². The van der Waals surface area contributed by atoms with Crippen molar-refractivity contribution in [3.05, 3.63) is 89.5 Å². The number of alkyl carbamates (subject to hydrolysis) is 2. The van der Waals surface area contributed by atoms with Gasteiger partial charge in [-0.25, -0.2) is 14.6 Å². The zero-order chi connectivity index (χ0) is 45.5. The lowest BCUT2D eigenvalue weighted by molar-refractivity contribution is -0.135. The number of rotatable bonds is 11. The number of aliphatic imine (C=N–C) groups is 4. The number of benzene rings is 3. The summed E-state index contributed by atoms with van der Waals surface area (Å²) in [5.41, 5.74) is 6.51. The Labute approximate surface area is 377 Å². The summed E-state index contributed by atoms with van der Waals surface area (Å²) in [6, 6.07) is 22.5. The molecule has 9 rings (SSSR count). The highest BCUT2D eigenvalue weighted by molar-refractivity contribution is 6.39. The van der Waals surface area contributed by atoms with Crippen molar-refractivity contribution in [2.75, 3.05) is 27.3 Å². The van der Waals surface area contributed by atoms with E-state index in [0.717, 1.165) is 76.0 Å². The Morgan fingerprint density at radius 1 is 0.769 bits per heavy atom. The second kappa shape index (κ2) is 18.0. The van der Waals surface area contributed by atoms with Crippen LogP contribution in [-0.2, 0) is 19.1 Å². The SMILES string of the molecule is COC(=O)NC(C(=O)N1CCCC1C1=NC(c2ccc3c(c2)OC(c2ccccc2)n2c-3cc3cc(C4=NC(C5CCCN5C(=O)C(NC(=O)OC)C(C)C)N=C4)ccc32)C=N1)C(C)C. The molecule has 0 bridgehead atoms. The summed E-state index contributed by atoms with van der Waals surface area (Å²) in [5, 5.41) is 6.44. The molecular weight excluding hydrogens is 827 g/mol. The van der Waals surface area contributed by atoms with Crippen molar-refractivity contribution in [1.82, 2.24) is 25.0 Å². The molecule has 7 unspecified atom stereocenters. The highest BCUT2D eigenvalue weighted by Gasteiger charge is 2.41. The molecule has 0 spiro atoms. The fourth-order valence-corrected chi connectivity index (χ4v) is 9.71. The van der Waals surface area contributed by atoms with Gasteiger partial charge in [-0.05, 0) is 73.4 Å². The summed E-state index contributed by atoms with van der Waals surface area (Å²) in [6.07, 6.45) is 4.58. The molecule has 338 valence electrons. The Balaban J connectivity index is 0.983. The second-order valence-corrected chi connectivity index (χ2v) is 17.9. The molecule has 0 aliphatic carbocycles. The monoisotopic (exact) mass is 881 g/mol. The lowest BCUT2D eigenvalue weighted by atomic mass is 10.0. The van der Waals surface area contributed by atoms with Crippen molar-refractivity contribution >= 4 is 58.9 Å². The molecule has 4 aromatic rings. The molecule has 65 heavy (non-hydrogen) atoms. The fraction of sp³-hybridized carbons (Fsp3) is 0.429. The Hall–Kier alpha value is -6.84. The maximum atomic E-state index is 13.8. The normalized spacial score (nSPS) is 22.9. The fourth-order valence-electron chi connectivity index (χ4n) is 9.71. The quantitative estimate of drug-likeness (QED) is 0.168. The summed E-state index contributed by atoms with van der Waals surface area (Å²) in [7, 11) is 2.58. The van der Waals surface area contributed by atoms with E-state index in [9.17, 15) is 19.2 Å². The predicted octanol–water partition coefficient (Wildman–Crippen LogP) is 6.71. The van der Waals surface area contributed by atoms with E-state index < -0.39 is 36.7 Å². The lowest BCUT2D eigenvalue weighted by Crippen LogP contribution is -2.53. The Kier molecular flexibility index (Phi) is 12.0. The van der Waals surface area contributed by atoms with E-state index in [4.69, 9.17) is 34.2 Å². The largest absolute Gasteiger partial charge is 0.465 e. The molecule has 0 saturated carbocycles. The smallest absolute Gasteiger partial charge is 0.407 e. The first-order valence-corrected chi connectivity index (χ1v) is 22.5. The van der Waals surface area contributed by atoms with Crippen molar-refractivity contribution in [2.45, 2.75) is 96.0 Å². The maximum absolute atomic E-state index is 13.8. The number of likely N-dealkylation sites (tertiary alicyclic amines) is 2. The number of carbonyl (C=O) groups excluding carboxylic acids is 4. The van der Waals surface area contributed by atoms with Gasteiger partial charge in [0, 0.05) is 47.6 Å². The highest BCUT2D eigenvalue weighted by Crippen LogP contribution is 2.45. The average Bonchev–Trinajstić information content (AvgIpc) is 4.18. The topological polar surface area (TPSA) is 181 Å². The summed E-state index contributed by atoms with van der Waals surface area (Å²) in [5.74, 6) is 0.735. The maximum Gasteiger partial charge on any atom is 0.407 e. The number of ether oxygens (including phenoxy) is 3. The minimum atomic E-state index is -0.727. The molecule has 5 aliphatic heterocycles. The first kappa shape index (κ1) is 43.4. The van der Waals surface area contributed by atoms with Gasteiger partial charge in [-0.1, -0.05) is 70.2 Å². The van der Waals surface area contributed by atoms with Crippen molar-refractivity contribution in [2.24, 2.45) is 31.8 Å². The van der Waals surface area contributed by atoms with E-state index in [0.29, 0.717) is 18.9 Å². The third kappa shape index (κ3) is 8.25. The summed E-state index contributed by atoms with van der Waals surface area (Å²) < 4.78 is 18.8. The van der Waals surface area contributed by atoms with E-state index in [1.807, 2.05) is 63.1 Å². The first-order valence-electron chi connectivity index (χ1n) is 22.5. The van der Waals surface area contributed by atoms with Crippen LogP contribution < -0.4 is 15.4 Å². The van der Waals surface area contributed by atoms with Gasteiger partial charge in [-0.3, -0.25) is 24.6 Å². The molecule has 6 heterocycles. The predicted molar refractivity (Wildman–Crippen MR) is 248 cm³/mol. The average molecular weight is 882 g/mol. The third-order valence-corrected chi connectivity index (χ3v) is 13.1. The van der Waals surface area contributed by atoms with E-state index in [1.165, 1.54) is 14.2 Å². The van der Waals surface area contributed by atoms with Crippen LogP contribution in [0.25, 0.3) is 22.2 Å². The van der Waals surface area contributed by atoms with E-state index in [2.05, 4.69) is 63.7 Å². The Morgan fingerprint density at radius 2 is 1.46 bits per heavy atom. The molecule has 3 aromatic carbocycles. The third-order valence-electron chi connectivity index (χ3n) is 13.1. The van der Waals surface area contributed by atoms with Crippen molar-refractivity contribution in [3.8, 4) is 17.0 Å². The summed E-state index contributed by atoms with van der Waals surface area (Å²) in [6.45, 7) is 8.72. The van der Waals surface area contributed by atoms with E-state index >= 15 is 0 Å². The molecule has 2 N–H and O–H groups in total. The van der Waals surface area contributed by atoms with Crippen LogP contribution in [0, 0.1) is 11.8 Å².